The number of alkyl halides is 3. The van der Waals surface area contributed by atoms with Gasteiger partial charge in [-0.3, -0.25) is 0 Å². The van der Waals surface area contributed by atoms with Gasteiger partial charge in [0.2, 0.25) is 0 Å². The molecule has 1 aromatic heterocycles. The molecular weight excluding hydrogens is 315 g/mol. The van der Waals surface area contributed by atoms with Gasteiger partial charge in [0.05, 0.1) is 5.56 Å². The Hall–Kier alpha value is -2.76. The fourth-order valence-electron chi connectivity index (χ4n) is 2.24. The third kappa shape index (κ3) is 3.76. The van der Waals surface area contributed by atoms with Crippen LogP contribution >= 0.6 is 0 Å². The van der Waals surface area contributed by atoms with Crippen LogP contribution in [-0.4, -0.2) is 4.98 Å². The fourth-order valence-corrected chi connectivity index (χ4v) is 2.24. The van der Waals surface area contributed by atoms with E-state index in [1.54, 1.807) is 30.5 Å². The Labute approximate surface area is 138 Å². The number of fused-ring (bicyclic) bond motifs is 1. The molecule has 1 heterocycles. The molecule has 0 radical (unpaired) electrons. The van der Waals surface area contributed by atoms with Crippen LogP contribution in [-0.2, 0) is 6.18 Å². The molecule has 24 heavy (non-hydrogen) atoms. The first-order valence-electron chi connectivity index (χ1n) is 7.52. The average molecular weight is 333 g/mol. The van der Waals surface area contributed by atoms with Crippen LogP contribution in [0.3, 0.4) is 0 Å². The number of pyridine rings is 1. The first kappa shape index (κ1) is 17.6. The van der Waals surface area contributed by atoms with Gasteiger partial charge in [0.25, 0.3) is 0 Å². The minimum atomic E-state index is -4.38. The number of nitrogens with one attached hydrogen (secondary N) is 1. The van der Waals surface area contributed by atoms with E-state index < -0.39 is 11.7 Å². The summed E-state index contributed by atoms with van der Waals surface area (Å²) in [5, 5.41) is 4.47. The van der Waals surface area contributed by atoms with Crippen LogP contribution in [0.5, 0.6) is 0 Å². The van der Waals surface area contributed by atoms with Crippen molar-refractivity contribution in [1.29, 1.82) is 0 Å². The Morgan fingerprint density at radius 1 is 0.958 bits per heavy atom. The molecule has 3 N–H and O–H groups in total. The van der Waals surface area contributed by atoms with Crippen LogP contribution in [0.2, 0.25) is 0 Å². The molecular formula is C18H18F3N3. The number of rotatable bonds is 2. The molecule has 3 aromatic rings. The Kier molecular flexibility index (Phi) is 5.28. The van der Waals surface area contributed by atoms with Crippen LogP contribution in [0.4, 0.5) is 30.4 Å². The Morgan fingerprint density at radius 2 is 1.67 bits per heavy atom. The first-order valence-corrected chi connectivity index (χ1v) is 7.52. The van der Waals surface area contributed by atoms with E-state index in [-0.39, 0.29) is 0 Å². The van der Waals surface area contributed by atoms with Gasteiger partial charge in [-0.1, -0.05) is 32.0 Å². The number of aromatic nitrogens is 1. The van der Waals surface area contributed by atoms with Gasteiger partial charge in [-0.05, 0) is 30.3 Å². The monoisotopic (exact) mass is 333 g/mol. The first-order chi connectivity index (χ1) is 11.4. The summed E-state index contributed by atoms with van der Waals surface area (Å²) in [6.45, 7) is 4.00. The van der Waals surface area contributed by atoms with E-state index in [0.717, 1.165) is 22.9 Å². The molecule has 2 aromatic carbocycles. The third-order valence-corrected chi connectivity index (χ3v) is 3.29. The highest BCUT2D eigenvalue weighted by Gasteiger charge is 2.30. The maximum atomic E-state index is 12.8. The van der Waals surface area contributed by atoms with Crippen molar-refractivity contribution in [3.05, 3.63) is 60.3 Å². The van der Waals surface area contributed by atoms with Gasteiger partial charge in [-0.25, -0.2) is 4.98 Å². The van der Waals surface area contributed by atoms with E-state index in [9.17, 15) is 13.2 Å². The van der Waals surface area contributed by atoms with E-state index in [1.807, 2.05) is 19.9 Å². The zero-order valence-electron chi connectivity index (χ0n) is 13.4. The van der Waals surface area contributed by atoms with Crippen LogP contribution in [0, 0.1) is 0 Å². The van der Waals surface area contributed by atoms with Gasteiger partial charge in [0, 0.05) is 28.3 Å². The highest BCUT2D eigenvalue weighted by molar-refractivity contribution is 5.99. The fraction of sp³-hybridized carbons (Fsp3) is 0.167. The summed E-state index contributed by atoms with van der Waals surface area (Å²) in [4.78, 5) is 4.19. The number of nitrogen functional groups attached to an aromatic ring is 1. The summed E-state index contributed by atoms with van der Waals surface area (Å²) in [6.07, 6.45) is -2.82. The second-order valence-corrected chi connectivity index (χ2v) is 4.81. The van der Waals surface area contributed by atoms with Gasteiger partial charge < -0.3 is 11.1 Å². The number of hydrogen-bond acceptors (Lipinski definition) is 3. The molecule has 0 unspecified atom stereocenters. The Morgan fingerprint density at radius 3 is 2.38 bits per heavy atom. The summed E-state index contributed by atoms with van der Waals surface area (Å²) < 4.78 is 38.3. The minimum absolute atomic E-state index is 0.317. The lowest BCUT2D eigenvalue weighted by atomic mass is 10.1. The molecule has 0 aliphatic carbocycles. The highest BCUT2D eigenvalue weighted by atomic mass is 19.4. The predicted molar refractivity (Wildman–Crippen MR) is 92.2 cm³/mol. The van der Waals surface area contributed by atoms with Gasteiger partial charge in [-0.2, -0.15) is 13.2 Å². The van der Waals surface area contributed by atoms with Crippen LogP contribution < -0.4 is 11.1 Å². The minimum Gasteiger partial charge on any atom is -0.398 e. The number of benzene rings is 2. The summed E-state index contributed by atoms with van der Waals surface area (Å²) in [5.74, 6) is 0.462. The lowest BCUT2D eigenvalue weighted by molar-refractivity contribution is -0.137. The second-order valence-electron chi connectivity index (χ2n) is 4.81. The van der Waals surface area contributed by atoms with Crippen molar-refractivity contribution in [1.82, 2.24) is 4.98 Å². The predicted octanol–water partition coefficient (Wildman–Crippen LogP) is 5.61. The van der Waals surface area contributed by atoms with Crippen LogP contribution in [0.15, 0.2) is 54.7 Å². The van der Waals surface area contributed by atoms with Crippen molar-refractivity contribution in [3.63, 3.8) is 0 Å². The lowest BCUT2D eigenvalue weighted by Crippen LogP contribution is -2.05. The van der Waals surface area contributed by atoms with Gasteiger partial charge in [-0.15, -0.1) is 0 Å². The Balaban J connectivity index is 0.00000100. The molecule has 6 heteroatoms. The second kappa shape index (κ2) is 7.21. The maximum Gasteiger partial charge on any atom is 0.416 e. The van der Waals surface area contributed by atoms with E-state index in [2.05, 4.69) is 10.3 Å². The van der Waals surface area contributed by atoms with Crippen molar-refractivity contribution >= 4 is 28.0 Å². The standard InChI is InChI=1S/C16H12F3N3.C2H6/c17-16(18,19)10-3-1-4-11(9-10)22-15-13-5-2-6-14(20)12(13)7-8-21-15;1-2/h1-9H,20H2,(H,21,22);1-2H3. The SMILES string of the molecule is CC.Nc1cccc2c(Nc3cccc(C(F)(F)F)c3)nccc12. The molecule has 0 saturated carbocycles. The topological polar surface area (TPSA) is 50.9 Å². The quantitative estimate of drug-likeness (QED) is 0.600. The molecule has 0 bridgehead atoms. The average Bonchev–Trinajstić information content (AvgIpc) is 2.57. The van der Waals surface area contributed by atoms with Crippen molar-refractivity contribution < 1.29 is 13.2 Å². The number of anilines is 3. The summed E-state index contributed by atoms with van der Waals surface area (Å²) >= 11 is 0. The van der Waals surface area contributed by atoms with Crippen molar-refractivity contribution in [3.8, 4) is 0 Å². The number of hydrogen-bond donors (Lipinski definition) is 2. The molecule has 126 valence electrons. The van der Waals surface area contributed by atoms with Gasteiger partial charge in [0.1, 0.15) is 5.82 Å². The van der Waals surface area contributed by atoms with Gasteiger partial charge >= 0.3 is 6.18 Å². The van der Waals surface area contributed by atoms with Crippen molar-refractivity contribution in [2.75, 3.05) is 11.1 Å². The normalized spacial score (nSPS) is 10.9. The van der Waals surface area contributed by atoms with Crippen molar-refractivity contribution in [2.45, 2.75) is 20.0 Å². The largest absolute Gasteiger partial charge is 0.416 e. The van der Waals surface area contributed by atoms with Crippen LogP contribution in [0.1, 0.15) is 19.4 Å². The van der Waals surface area contributed by atoms with E-state index in [4.69, 9.17) is 5.73 Å². The highest BCUT2D eigenvalue weighted by Crippen LogP contribution is 2.32. The van der Waals surface area contributed by atoms with E-state index in [1.165, 1.54) is 6.07 Å². The van der Waals surface area contributed by atoms with E-state index in [0.29, 0.717) is 17.2 Å². The molecule has 0 fully saturated rings. The molecule has 0 aliphatic heterocycles. The molecule has 0 amide bonds. The van der Waals surface area contributed by atoms with Crippen molar-refractivity contribution in [2.24, 2.45) is 0 Å². The van der Waals surface area contributed by atoms with Gasteiger partial charge in [0.15, 0.2) is 0 Å². The Bertz CT molecular complexity index is 829. The molecule has 0 spiro atoms. The zero-order chi connectivity index (χ0) is 17.7. The zero-order valence-corrected chi connectivity index (χ0v) is 13.4. The molecule has 0 atom stereocenters. The summed E-state index contributed by atoms with van der Waals surface area (Å²) in [5.41, 5.74) is 6.09. The number of nitrogens with two attached hydrogens (primary N) is 1. The maximum absolute atomic E-state index is 12.8. The van der Waals surface area contributed by atoms with E-state index >= 15 is 0 Å². The van der Waals surface area contributed by atoms with Crippen LogP contribution in [0.25, 0.3) is 10.8 Å². The summed E-state index contributed by atoms with van der Waals surface area (Å²) in [6, 6.07) is 12.1. The molecule has 0 aliphatic rings. The molecule has 3 nitrogen and oxygen atoms in total. The number of nitrogens with zero attached hydrogens (tertiary/aromatic N) is 1. The summed E-state index contributed by atoms with van der Waals surface area (Å²) in [7, 11) is 0. The number of halogens is 3. The molecule has 3 rings (SSSR count). The smallest absolute Gasteiger partial charge is 0.398 e. The molecule has 0 saturated heterocycles. The third-order valence-electron chi connectivity index (χ3n) is 3.29. The lowest BCUT2D eigenvalue weighted by Gasteiger charge is -2.12.